The highest BCUT2D eigenvalue weighted by molar-refractivity contribution is 6.08. The second-order valence-corrected chi connectivity index (χ2v) is 3.76. The highest BCUT2D eigenvalue weighted by atomic mass is 19.1. The van der Waals surface area contributed by atoms with Crippen LogP contribution in [0.25, 0.3) is 0 Å². The average molecular weight is 244 g/mol. The molecule has 2 rings (SSSR count). The third-order valence-corrected chi connectivity index (χ3v) is 2.50. The summed E-state index contributed by atoms with van der Waals surface area (Å²) in [4.78, 5) is 12.1. The molecular formula is C15H13FO2. The van der Waals surface area contributed by atoms with Gasteiger partial charge in [-0.2, -0.15) is 0 Å². The van der Waals surface area contributed by atoms with E-state index in [0.717, 1.165) is 0 Å². The number of hydrogen-bond donors (Lipinski definition) is 0. The number of alkyl halides is 1. The van der Waals surface area contributed by atoms with E-state index >= 15 is 0 Å². The standard InChI is InChI=1S/C15H13FO2/c16-10-11-18-14-8-6-13(7-9-14)15(17)12-4-2-1-3-5-12/h1-9H,10-11H2. The maximum atomic E-state index is 12.1. The molecule has 0 aromatic heterocycles. The van der Waals surface area contributed by atoms with E-state index in [2.05, 4.69) is 0 Å². The molecule has 0 aliphatic heterocycles. The van der Waals surface area contributed by atoms with Crippen molar-refractivity contribution >= 4 is 5.78 Å². The summed E-state index contributed by atoms with van der Waals surface area (Å²) in [7, 11) is 0. The number of ether oxygens (including phenoxy) is 1. The van der Waals surface area contributed by atoms with E-state index in [1.54, 1.807) is 36.4 Å². The summed E-state index contributed by atoms with van der Waals surface area (Å²) in [6.45, 7) is -0.489. The summed E-state index contributed by atoms with van der Waals surface area (Å²) in [5, 5.41) is 0. The van der Waals surface area contributed by atoms with Gasteiger partial charge in [0.15, 0.2) is 5.78 Å². The van der Waals surface area contributed by atoms with Gasteiger partial charge in [0.2, 0.25) is 0 Å². The zero-order chi connectivity index (χ0) is 12.8. The Morgan fingerprint density at radius 3 is 2.17 bits per heavy atom. The summed E-state index contributed by atoms with van der Waals surface area (Å²) in [5.74, 6) is 0.532. The quantitative estimate of drug-likeness (QED) is 0.754. The van der Waals surface area contributed by atoms with Gasteiger partial charge >= 0.3 is 0 Å². The van der Waals surface area contributed by atoms with Crippen LogP contribution >= 0.6 is 0 Å². The molecule has 2 aromatic rings. The largest absolute Gasteiger partial charge is 0.491 e. The monoisotopic (exact) mass is 244 g/mol. The van der Waals surface area contributed by atoms with E-state index in [9.17, 15) is 9.18 Å². The van der Waals surface area contributed by atoms with E-state index < -0.39 is 6.67 Å². The van der Waals surface area contributed by atoms with Gasteiger partial charge in [-0.1, -0.05) is 30.3 Å². The minimum atomic E-state index is -0.523. The van der Waals surface area contributed by atoms with Crippen molar-refractivity contribution < 1.29 is 13.9 Å². The van der Waals surface area contributed by atoms with Crippen molar-refractivity contribution in [3.63, 3.8) is 0 Å². The van der Waals surface area contributed by atoms with Crippen molar-refractivity contribution in [2.45, 2.75) is 0 Å². The molecule has 0 amide bonds. The van der Waals surface area contributed by atoms with Gasteiger partial charge in [0, 0.05) is 11.1 Å². The number of ketones is 1. The lowest BCUT2D eigenvalue weighted by atomic mass is 10.0. The predicted molar refractivity (Wildman–Crippen MR) is 67.8 cm³/mol. The molecule has 0 radical (unpaired) electrons. The Balaban J connectivity index is 2.12. The van der Waals surface area contributed by atoms with Crippen LogP contribution in [-0.2, 0) is 0 Å². The van der Waals surface area contributed by atoms with Crippen molar-refractivity contribution in [3.8, 4) is 5.75 Å². The van der Waals surface area contributed by atoms with Crippen molar-refractivity contribution in [3.05, 3.63) is 65.7 Å². The number of carbonyl (C=O) groups is 1. The van der Waals surface area contributed by atoms with Crippen LogP contribution in [0.15, 0.2) is 54.6 Å². The second-order valence-electron chi connectivity index (χ2n) is 3.76. The first-order valence-corrected chi connectivity index (χ1v) is 5.70. The first kappa shape index (κ1) is 12.3. The Hall–Kier alpha value is -2.16. The molecule has 0 aliphatic carbocycles. The average Bonchev–Trinajstić information content (AvgIpc) is 2.46. The topological polar surface area (TPSA) is 26.3 Å². The van der Waals surface area contributed by atoms with Crippen LogP contribution in [-0.4, -0.2) is 19.1 Å². The summed E-state index contributed by atoms with van der Waals surface area (Å²) in [6.07, 6.45) is 0. The van der Waals surface area contributed by atoms with E-state index in [1.807, 2.05) is 18.2 Å². The van der Waals surface area contributed by atoms with Crippen LogP contribution in [0.3, 0.4) is 0 Å². The lowest BCUT2D eigenvalue weighted by molar-refractivity contribution is 0.103. The van der Waals surface area contributed by atoms with Gasteiger partial charge in [0.05, 0.1) is 0 Å². The van der Waals surface area contributed by atoms with Crippen molar-refractivity contribution in [2.75, 3.05) is 13.3 Å². The van der Waals surface area contributed by atoms with Crippen LogP contribution in [0.1, 0.15) is 15.9 Å². The highest BCUT2D eigenvalue weighted by Crippen LogP contribution is 2.15. The van der Waals surface area contributed by atoms with Crippen molar-refractivity contribution in [2.24, 2.45) is 0 Å². The molecule has 0 fully saturated rings. The molecule has 0 atom stereocenters. The van der Waals surface area contributed by atoms with Gasteiger partial charge in [-0.15, -0.1) is 0 Å². The zero-order valence-corrected chi connectivity index (χ0v) is 9.80. The summed E-state index contributed by atoms with van der Waals surface area (Å²) in [5.41, 5.74) is 1.24. The fraction of sp³-hybridized carbons (Fsp3) is 0.133. The maximum absolute atomic E-state index is 12.1. The Morgan fingerprint density at radius 1 is 0.944 bits per heavy atom. The van der Waals surface area contributed by atoms with Gasteiger partial charge in [-0.05, 0) is 24.3 Å². The lowest BCUT2D eigenvalue weighted by Crippen LogP contribution is -2.02. The van der Waals surface area contributed by atoms with Gasteiger partial charge in [-0.3, -0.25) is 4.79 Å². The predicted octanol–water partition coefficient (Wildman–Crippen LogP) is 3.27. The Labute approximate surface area is 105 Å². The molecule has 0 saturated heterocycles. The van der Waals surface area contributed by atoms with E-state index in [-0.39, 0.29) is 12.4 Å². The molecule has 2 aromatic carbocycles. The van der Waals surface area contributed by atoms with Crippen LogP contribution in [0.2, 0.25) is 0 Å². The normalized spacial score (nSPS) is 10.1. The summed E-state index contributed by atoms with van der Waals surface area (Å²) >= 11 is 0. The summed E-state index contributed by atoms with van der Waals surface area (Å²) in [6, 6.07) is 15.8. The number of carbonyl (C=O) groups excluding carboxylic acids is 1. The molecular weight excluding hydrogens is 231 g/mol. The second kappa shape index (κ2) is 5.96. The van der Waals surface area contributed by atoms with Crippen molar-refractivity contribution in [1.82, 2.24) is 0 Å². The first-order chi connectivity index (χ1) is 8.81. The zero-order valence-electron chi connectivity index (χ0n) is 9.80. The molecule has 0 N–H and O–H groups in total. The third-order valence-electron chi connectivity index (χ3n) is 2.50. The van der Waals surface area contributed by atoms with Gasteiger partial charge in [0.25, 0.3) is 0 Å². The number of rotatable bonds is 5. The van der Waals surface area contributed by atoms with Crippen LogP contribution in [0.5, 0.6) is 5.75 Å². The molecule has 0 saturated carbocycles. The van der Waals surface area contributed by atoms with Crippen LogP contribution < -0.4 is 4.74 Å². The maximum Gasteiger partial charge on any atom is 0.193 e. The minimum absolute atomic E-state index is 0.0337. The molecule has 0 heterocycles. The Kier molecular flexibility index (Phi) is 4.07. The van der Waals surface area contributed by atoms with Crippen LogP contribution in [0.4, 0.5) is 4.39 Å². The minimum Gasteiger partial charge on any atom is -0.491 e. The molecule has 0 aliphatic rings. The molecule has 2 nitrogen and oxygen atoms in total. The lowest BCUT2D eigenvalue weighted by Gasteiger charge is -2.05. The molecule has 0 unspecified atom stereocenters. The molecule has 18 heavy (non-hydrogen) atoms. The molecule has 3 heteroatoms. The van der Waals surface area contributed by atoms with Crippen molar-refractivity contribution in [1.29, 1.82) is 0 Å². The number of benzene rings is 2. The van der Waals surface area contributed by atoms with Gasteiger partial charge < -0.3 is 4.74 Å². The van der Waals surface area contributed by atoms with Crippen LogP contribution in [0, 0.1) is 0 Å². The molecule has 0 spiro atoms. The fourth-order valence-electron chi connectivity index (χ4n) is 1.62. The molecule has 92 valence electrons. The Morgan fingerprint density at radius 2 is 1.56 bits per heavy atom. The number of halogens is 1. The van der Waals surface area contributed by atoms with Gasteiger partial charge in [0.1, 0.15) is 19.0 Å². The smallest absolute Gasteiger partial charge is 0.193 e. The first-order valence-electron chi connectivity index (χ1n) is 5.70. The third kappa shape index (κ3) is 2.94. The SMILES string of the molecule is O=C(c1ccccc1)c1ccc(OCCF)cc1. The highest BCUT2D eigenvalue weighted by Gasteiger charge is 2.08. The molecule has 0 bridgehead atoms. The van der Waals surface area contributed by atoms with E-state index in [4.69, 9.17) is 4.74 Å². The summed E-state index contributed by atoms with van der Waals surface area (Å²) < 4.78 is 17.0. The Bertz CT molecular complexity index is 506. The van der Waals surface area contributed by atoms with E-state index in [1.165, 1.54) is 0 Å². The van der Waals surface area contributed by atoms with Gasteiger partial charge in [-0.25, -0.2) is 4.39 Å². The van der Waals surface area contributed by atoms with E-state index in [0.29, 0.717) is 16.9 Å². The number of hydrogen-bond acceptors (Lipinski definition) is 2. The fourth-order valence-corrected chi connectivity index (χ4v) is 1.62.